The Balaban J connectivity index is 0.000000197. The maximum atomic E-state index is 12.6. The van der Waals surface area contributed by atoms with Crippen LogP contribution in [-0.2, 0) is 46.0 Å². The number of anilines is 2. The smallest absolute Gasteiger partial charge is 0.240 e. The van der Waals surface area contributed by atoms with Crippen molar-refractivity contribution in [1.82, 2.24) is 38.5 Å². The zero-order valence-corrected chi connectivity index (χ0v) is 40.3. The Labute approximate surface area is 396 Å². The van der Waals surface area contributed by atoms with Crippen LogP contribution in [-0.4, -0.2) is 59.0 Å². The van der Waals surface area contributed by atoms with Gasteiger partial charge in [-0.3, -0.25) is 0 Å². The van der Waals surface area contributed by atoms with E-state index in [4.69, 9.17) is 44.6 Å². The Hall–Kier alpha value is -5.36. The molecule has 0 radical (unpaired) electrons. The molecule has 0 unspecified atom stereocenters. The number of nitrogen functional groups attached to an aromatic ring is 2. The fraction of sp³-hybridized carbons (Fsp3) is 0.333. The lowest BCUT2D eigenvalue weighted by Crippen LogP contribution is -2.25. The molecule has 0 saturated heterocycles. The van der Waals surface area contributed by atoms with E-state index in [1.165, 1.54) is 18.2 Å². The van der Waals surface area contributed by atoms with E-state index in [0.29, 0.717) is 42.7 Å². The molecule has 4 aromatic carbocycles. The van der Waals surface area contributed by atoms with Gasteiger partial charge in [-0.1, -0.05) is 104 Å². The lowest BCUT2D eigenvalue weighted by atomic mass is 10.2. The van der Waals surface area contributed by atoms with Gasteiger partial charge >= 0.3 is 0 Å². The van der Waals surface area contributed by atoms with Crippen molar-refractivity contribution in [3.05, 3.63) is 119 Å². The number of fused-ring (bicyclic) bond motifs is 6. The Morgan fingerprint density at radius 3 is 1.45 bits per heavy atom. The van der Waals surface area contributed by atoms with Crippen LogP contribution in [0.4, 0.5) is 11.6 Å². The number of nitrogens with two attached hydrogens (primary N) is 2. The number of hydrogen-bond donors (Lipinski definition) is 4. The molecule has 4 heterocycles. The molecule has 66 heavy (non-hydrogen) atoms. The molecular weight excluding hydrogens is 916 g/mol. The summed E-state index contributed by atoms with van der Waals surface area (Å²) in [6.07, 6.45) is 8.91. The first-order chi connectivity index (χ1) is 31.8. The summed E-state index contributed by atoms with van der Waals surface area (Å²) in [7, 11) is -7.14. The molecule has 14 nitrogen and oxygen atoms in total. The number of pyridine rings is 2. The third-order valence-electron chi connectivity index (χ3n) is 11.3. The number of rotatable bonds is 20. The zero-order valence-electron chi connectivity index (χ0n) is 37.2. The second-order valence-electron chi connectivity index (χ2n) is 16.1. The van der Waals surface area contributed by atoms with Crippen LogP contribution < -0.4 is 20.9 Å². The van der Waals surface area contributed by atoms with Crippen molar-refractivity contribution >= 4 is 98.8 Å². The molecule has 8 rings (SSSR count). The fourth-order valence-corrected chi connectivity index (χ4v) is 10.5. The number of nitrogens with zero attached hydrogens (tertiary/aromatic N) is 6. The highest BCUT2D eigenvalue weighted by atomic mass is 35.5. The van der Waals surface area contributed by atoms with Crippen LogP contribution in [0, 0.1) is 0 Å². The van der Waals surface area contributed by atoms with E-state index in [2.05, 4.69) is 48.5 Å². The molecule has 18 heteroatoms. The third kappa shape index (κ3) is 11.2. The molecule has 0 saturated carbocycles. The van der Waals surface area contributed by atoms with Crippen LogP contribution in [0.15, 0.2) is 107 Å². The van der Waals surface area contributed by atoms with Gasteiger partial charge in [-0.15, -0.1) is 0 Å². The first-order valence-corrected chi connectivity index (χ1v) is 26.1. The number of aryl methyl sites for hydroxylation is 4. The van der Waals surface area contributed by atoms with Gasteiger partial charge in [0.2, 0.25) is 20.0 Å². The fourth-order valence-electron chi connectivity index (χ4n) is 7.96. The van der Waals surface area contributed by atoms with Crippen molar-refractivity contribution in [2.24, 2.45) is 0 Å². The molecule has 0 aliphatic carbocycles. The normalized spacial score (nSPS) is 12.1. The molecule has 0 bridgehead atoms. The number of para-hydroxylation sites is 2. The minimum Gasteiger partial charge on any atom is -0.382 e. The molecule has 0 aliphatic heterocycles. The molecular formula is C48H56Cl2N10O4S2. The van der Waals surface area contributed by atoms with E-state index in [-0.39, 0.29) is 14.8 Å². The highest BCUT2D eigenvalue weighted by Crippen LogP contribution is 2.31. The van der Waals surface area contributed by atoms with Gasteiger partial charge in [0.25, 0.3) is 0 Å². The maximum Gasteiger partial charge on any atom is 0.240 e. The number of aromatic nitrogens is 6. The van der Waals surface area contributed by atoms with E-state index in [0.717, 1.165) is 120 Å². The summed E-state index contributed by atoms with van der Waals surface area (Å²) in [4.78, 5) is 19.1. The largest absolute Gasteiger partial charge is 0.382 e. The monoisotopic (exact) mass is 970 g/mol. The SMILES string of the molecule is CCCCc1nc2c(N)nc3ccccc3c2n1CCCCNS(=O)(=O)c1ccc(Cl)c(Cl)c1.CCCCc1nc2c(N)nc3ccccc3c2n1CCCCNS(=O)(=O)c1ccccc1. The van der Waals surface area contributed by atoms with Gasteiger partial charge in [-0.2, -0.15) is 0 Å². The van der Waals surface area contributed by atoms with Crippen LogP contribution >= 0.6 is 23.2 Å². The summed E-state index contributed by atoms with van der Waals surface area (Å²) in [6.45, 7) is 6.46. The molecule has 0 fully saturated rings. The molecule has 0 amide bonds. The Kier molecular flexibility index (Phi) is 16.2. The summed E-state index contributed by atoms with van der Waals surface area (Å²) in [5, 5.41) is 2.58. The predicted molar refractivity (Wildman–Crippen MR) is 268 cm³/mol. The first-order valence-electron chi connectivity index (χ1n) is 22.4. The summed E-state index contributed by atoms with van der Waals surface area (Å²) < 4.78 is 59.8. The third-order valence-corrected chi connectivity index (χ3v) is 15.0. The lowest BCUT2D eigenvalue weighted by Gasteiger charge is -2.12. The van der Waals surface area contributed by atoms with Crippen LogP contribution in [0.5, 0.6) is 0 Å². The second-order valence-corrected chi connectivity index (χ2v) is 20.4. The van der Waals surface area contributed by atoms with Crippen LogP contribution in [0.3, 0.4) is 0 Å². The quantitative estimate of drug-likeness (QED) is 0.0532. The van der Waals surface area contributed by atoms with E-state index in [1.807, 2.05) is 42.5 Å². The number of halogens is 2. The number of hydrogen-bond acceptors (Lipinski definition) is 10. The highest BCUT2D eigenvalue weighted by Gasteiger charge is 2.20. The van der Waals surface area contributed by atoms with Crippen molar-refractivity contribution < 1.29 is 16.8 Å². The molecule has 348 valence electrons. The van der Waals surface area contributed by atoms with Crippen molar-refractivity contribution in [3.63, 3.8) is 0 Å². The Morgan fingerprint density at radius 2 is 0.985 bits per heavy atom. The van der Waals surface area contributed by atoms with Crippen molar-refractivity contribution in [2.45, 2.75) is 101 Å². The number of unbranched alkanes of at least 4 members (excludes halogenated alkanes) is 4. The molecule has 0 atom stereocenters. The summed E-state index contributed by atoms with van der Waals surface area (Å²) in [5.74, 6) is 2.88. The maximum absolute atomic E-state index is 12.6. The average Bonchev–Trinajstić information content (AvgIpc) is 3.88. The minimum absolute atomic E-state index is 0.0961. The Bertz CT molecular complexity index is 3180. The topological polar surface area (TPSA) is 206 Å². The van der Waals surface area contributed by atoms with Gasteiger partial charge in [0.1, 0.15) is 22.7 Å². The van der Waals surface area contributed by atoms with E-state index >= 15 is 0 Å². The van der Waals surface area contributed by atoms with E-state index in [9.17, 15) is 16.8 Å². The lowest BCUT2D eigenvalue weighted by molar-refractivity contribution is 0.560. The average molecular weight is 972 g/mol. The molecule has 0 spiro atoms. The summed E-state index contributed by atoms with van der Waals surface area (Å²) in [5.41, 5.74) is 17.7. The first kappa shape index (κ1) is 48.6. The van der Waals surface area contributed by atoms with E-state index in [1.54, 1.807) is 30.3 Å². The number of benzene rings is 4. The molecule has 6 N–H and O–H groups in total. The molecule has 8 aromatic rings. The van der Waals surface area contributed by atoms with Gasteiger partial charge in [0.15, 0.2) is 11.6 Å². The number of imidazole rings is 2. The standard InChI is InChI=1S/C24H27Cl2N5O2S.C24H29N5O2S/c1-2-3-10-21-30-22-23(17-8-4-5-9-20(17)29-24(22)27)31(21)14-7-6-13-28-34(32,33)16-11-12-18(25)19(26)15-16;1-2-3-15-21-28-22-23(19-13-7-8-14-20(19)27-24(22)25)29(21)17-10-9-16-26-32(30,31)18-11-5-4-6-12-18/h4-5,8-9,11-12,15,28H,2-3,6-7,10,13-14H2,1H3,(H2,27,29);4-8,11-14,26H,2-3,9-10,15-17H2,1H3,(H2,25,27). The van der Waals surface area contributed by atoms with Crippen molar-refractivity contribution in [2.75, 3.05) is 24.6 Å². The van der Waals surface area contributed by atoms with Crippen molar-refractivity contribution in [1.29, 1.82) is 0 Å². The number of sulfonamides is 2. The zero-order chi connectivity index (χ0) is 46.8. The second kappa shape index (κ2) is 22.0. The highest BCUT2D eigenvalue weighted by molar-refractivity contribution is 7.89. The van der Waals surface area contributed by atoms with E-state index < -0.39 is 20.0 Å². The van der Waals surface area contributed by atoms with Gasteiger partial charge in [0.05, 0.1) is 41.9 Å². The van der Waals surface area contributed by atoms with Gasteiger partial charge in [-0.25, -0.2) is 46.2 Å². The van der Waals surface area contributed by atoms with Gasteiger partial charge in [0, 0.05) is 49.8 Å². The van der Waals surface area contributed by atoms with Crippen LogP contribution in [0.2, 0.25) is 10.0 Å². The van der Waals surface area contributed by atoms with Crippen molar-refractivity contribution in [3.8, 4) is 0 Å². The summed E-state index contributed by atoms with van der Waals surface area (Å²) >= 11 is 11.9. The molecule has 4 aromatic heterocycles. The van der Waals surface area contributed by atoms with Gasteiger partial charge < -0.3 is 20.6 Å². The Morgan fingerprint density at radius 1 is 0.530 bits per heavy atom. The minimum atomic E-state index is -3.66. The van der Waals surface area contributed by atoms with Gasteiger partial charge in [-0.05, 0) is 81.0 Å². The van der Waals surface area contributed by atoms with Crippen LogP contribution in [0.25, 0.3) is 43.9 Å². The summed E-state index contributed by atoms with van der Waals surface area (Å²) in [6, 6.07) is 28.6. The molecule has 0 aliphatic rings. The van der Waals surface area contributed by atoms with Crippen LogP contribution in [0.1, 0.15) is 76.9 Å². The number of nitrogens with one attached hydrogen (secondary N) is 2. The predicted octanol–water partition coefficient (Wildman–Crippen LogP) is 9.84.